The van der Waals surface area contributed by atoms with Gasteiger partial charge in [0.05, 0.1) is 13.7 Å². The van der Waals surface area contributed by atoms with Crippen LogP contribution in [-0.4, -0.2) is 48.5 Å². The van der Waals surface area contributed by atoms with E-state index < -0.39 is 0 Å². The van der Waals surface area contributed by atoms with Crippen LogP contribution < -0.4 is 14.8 Å². The number of benzene rings is 2. The third-order valence-corrected chi connectivity index (χ3v) is 6.99. The molecule has 7 nitrogen and oxygen atoms in total. The standard InChI is InChI=1S/C27H32ClN3O4/c1-4-35-24-8-5-18(13-25(24)34-3)16-29-26(32)17(2)19-9-11-31(12-10-19)27(33)23-15-20-14-21(28)6-7-22(20)30-23/h5-8,13-15,17,19,30H,4,9-12,16H2,1-3H3,(H,29,32). The van der Waals surface area contributed by atoms with Crippen LogP contribution in [0, 0.1) is 11.8 Å². The van der Waals surface area contributed by atoms with E-state index in [4.69, 9.17) is 21.1 Å². The topological polar surface area (TPSA) is 83.7 Å². The molecule has 1 aliphatic heterocycles. The number of nitrogens with zero attached hydrogens (tertiary/aromatic N) is 1. The second kappa shape index (κ2) is 11.0. The van der Waals surface area contributed by atoms with Gasteiger partial charge in [0, 0.05) is 41.5 Å². The van der Waals surface area contributed by atoms with Crippen molar-refractivity contribution in [3.8, 4) is 11.5 Å². The molecule has 3 aromatic rings. The Morgan fingerprint density at radius 2 is 1.91 bits per heavy atom. The van der Waals surface area contributed by atoms with Crippen molar-refractivity contribution in [2.75, 3.05) is 26.8 Å². The number of fused-ring (bicyclic) bond motifs is 1. The van der Waals surface area contributed by atoms with Crippen molar-refractivity contribution < 1.29 is 19.1 Å². The molecule has 0 saturated carbocycles. The van der Waals surface area contributed by atoms with E-state index in [9.17, 15) is 9.59 Å². The number of methoxy groups -OCH3 is 1. The Bertz CT molecular complexity index is 1200. The number of aromatic amines is 1. The Labute approximate surface area is 210 Å². The predicted octanol–water partition coefficient (Wildman–Crippen LogP) is 5.03. The van der Waals surface area contributed by atoms with Gasteiger partial charge in [-0.25, -0.2) is 0 Å². The zero-order valence-electron chi connectivity index (χ0n) is 20.4. The minimum Gasteiger partial charge on any atom is -0.493 e. The molecule has 0 aliphatic carbocycles. The number of nitrogens with one attached hydrogen (secondary N) is 2. The molecule has 2 amide bonds. The number of piperidine rings is 1. The first kappa shape index (κ1) is 24.9. The van der Waals surface area contributed by atoms with E-state index >= 15 is 0 Å². The smallest absolute Gasteiger partial charge is 0.270 e. The van der Waals surface area contributed by atoms with Crippen molar-refractivity contribution >= 4 is 34.3 Å². The third kappa shape index (κ3) is 5.73. The first-order valence-electron chi connectivity index (χ1n) is 12.0. The molecule has 2 aromatic carbocycles. The number of amides is 2. The van der Waals surface area contributed by atoms with E-state index in [0.29, 0.717) is 48.5 Å². The third-order valence-electron chi connectivity index (χ3n) is 6.76. The molecule has 4 rings (SSSR count). The predicted molar refractivity (Wildman–Crippen MR) is 137 cm³/mol. The van der Waals surface area contributed by atoms with E-state index in [1.54, 1.807) is 13.2 Å². The summed E-state index contributed by atoms with van der Waals surface area (Å²) in [7, 11) is 1.60. The molecule has 35 heavy (non-hydrogen) atoms. The maximum atomic E-state index is 13.0. The molecule has 8 heteroatoms. The molecule has 2 N–H and O–H groups in total. The highest BCUT2D eigenvalue weighted by atomic mass is 35.5. The SMILES string of the molecule is CCOc1ccc(CNC(=O)C(C)C2CCN(C(=O)c3cc4cc(Cl)ccc4[nH]3)CC2)cc1OC. The molecule has 2 heterocycles. The van der Waals surface area contributed by atoms with Gasteiger partial charge in [0.25, 0.3) is 5.91 Å². The monoisotopic (exact) mass is 497 g/mol. The van der Waals surface area contributed by atoms with Crippen LogP contribution in [0.25, 0.3) is 10.9 Å². The minimum atomic E-state index is -0.132. The van der Waals surface area contributed by atoms with Gasteiger partial charge in [-0.2, -0.15) is 0 Å². The Morgan fingerprint density at radius 1 is 1.14 bits per heavy atom. The summed E-state index contributed by atoms with van der Waals surface area (Å²) < 4.78 is 10.9. The van der Waals surface area contributed by atoms with Gasteiger partial charge in [-0.1, -0.05) is 24.6 Å². The molecule has 1 aromatic heterocycles. The van der Waals surface area contributed by atoms with Crippen molar-refractivity contribution in [1.82, 2.24) is 15.2 Å². The average molecular weight is 498 g/mol. The largest absolute Gasteiger partial charge is 0.493 e. The number of halogens is 1. The van der Waals surface area contributed by atoms with Gasteiger partial charge in [-0.05, 0) is 67.6 Å². The van der Waals surface area contributed by atoms with E-state index in [1.807, 2.05) is 55.1 Å². The highest BCUT2D eigenvalue weighted by molar-refractivity contribution is 6.31. The number of H-pyrrole nitrogens is 1. The van der Waals surface area contributed by atoms with Gasteiger partial charge in [0.2, 0.25) is 5.91 Å². The van der Waals surface area contributed by atoms with Gasteiger partial charge in [-0.15, -0.1) is 0 Å². The lowest BCUT2D eigenvalue weighted by Crippen LogP contribution is -2.42. The minimum absolute atomic E-state index is 0.0164. The number of aromatic nitrogens is 1. The van der Waals surface area contributed by atoms with E-state index in [0.717, 1.165) is 29.3 Å². The summed E-state index contributed by atoms with van der Waals surface area (Å²) in [5, 5.41) is 4.61. The number of rotatable bonds is 8. The molecular weight excluding hydrogens is 466 g/mol. The first-order valence-corrected chi connectivity index (χ1v) is 12.4. The Morgan fingerprint density at radius 3 is 2.63 bits per heavy atom. The zero-order valence-corrected chi connectivity index (χ0v) is 21.2. The van der Waals surface area contributed by atoms with Gasteiger partial charge in [-0.3, -0.25) is 9.59 Å². The van der Waals surface area contributed by atoms with Gasteiger partial charge in [0.1, 0.15) is 5.69 Å². The number of ether oxygens (including phenoxy) is 2. The summed E-state index contributed by atoms with van der Waals surface area (Å²) in [6.07, 6.45) is 1.59. The van der Waals surface area contributed by atoms with E-state index in [2.05, 4.69) is 10.3 Å². The summed E-state index contributed by atoms with van der Waals surface area (Å²) in [6, 6.07) is 13.1. The molecule has 1 aliphatic rings. The number of carbonyl (C=O) groups excluding carboxylic acids is 2. The quantitative estimate of drug-likeness (QED) is 0.457. The lowest BCUT2D eigenvalue weighted by Gasteiger charge is -2.34. The summed E-state index contributed by atoms with van der Waals surface area (Å²) >= 11 is 6.06. The average Bonchev–Trinajstić information content (AvgIpc) is 3.30. The summed E-state index contributed by atoms with van der Waals surface area (Å²) in [4.78, 5) is 30.9. The molecule has 1 fully saturated rings. The second-order valence-electron chi connectivity index (χ2n) is 8.97. The van der Waals surface area contributed by atoms with Gasteiger partial charge >= 0.3 is 0 Å². The molecule has 1 saturated heterocycles. The maximum absolute atomic E-state index is 13.0. The zero-order chi connectivity index (χ0) is 24.9. The molecule has 0 bridgehead atoms. The Balaban J connectivity index is 1.29. The molecular formula is C27H32ClN3O4. The summed E-state index contributed by atoms with van der Waals surface area (Å²) in [6.45, 7) is 6.14. The number of hydrogen-bond donors (Lipinski definition) is 2. The Kier molecular flexibility index (Phi) is 7.86. The molecule has 0 spiro atoms. The fourth-order valence-electron chi connectivity index (χ4n) is 4.65. The first-order chi connectivity index (χ1) is 16.9. The van der Waals surface area contributed by atoms with Crippen LogP contribution in [0.5, 0.6) is 11.5 Å². The van der Waals surface area contributed by atoms with Crippen molar-refractivity contribution in [2.24, 2.45) is 11.8 Å². The number of likely N-dealkylation sites (tertiary alicyclic amines) is 1. The van der Waals surface area contributed by atoms with E-state index in [-0.39, 0.29) is 23.7 Å². The van der Waals surface area contributed by atoms with Crippen LogP contribution >= 0.6 is 11.6 Å². The summed E-state index contributed by atoms with van der Waals surface area (Å²) in [5.74, 6) is 1.45. The van der Waals surface area contributed by atoms with Crippen molar-refractivity contribution in [3.05, 3.63) is 58.7 Å². The van der Waals surface area contributed by atoms with Gasteiger partial charge in [0.15, 0.2) is 11.5 Å². The highest BCUT2D eigenvalue weighted by Gasteiger charge is 2.30. The molecule has 1 unspecified atom stereocenters. The second-order valence-corrected chi connectivity index (χ2v) is 9.41. The van der Waals surface area contributed by atoms with Crippen molar-refractivity contribution in [2.45, 2.75) is 33.2 Å². The van der Waals surface area contributed by atoms with Crippen molar-refractivity contribution in [3.63, 3.8) is 0 Å². The highest BCUT2D eigenvalue weighted by Crippen LogP contribution is 2.29. The lowest BCUT2D eigenvalue weighted by molar-refractivity contribution is -0.126. The summed E-state index contributed by atoms with van der Waals surface area (Å²) in [5.41, 5.74) is 2.41. The number of hydrogen-bond acceptors (Lipinski definition) is 4. The normalized spacial score (nSPS) is 15.1. The van der Waals surface area contributed by atoms with Crippen LogP contribution in [0.15, 0.2) is 42.5 Å². The van der Waals surface area contributed by atoms with Crippen LogP contribution in [-0.2, 0) is 11.3 Å². The van der Waals surface area contributed by atoms with Crippen LogP contribution in [0.3, 0.4) is 0 Å². The Hall–Kier alpha value is -3.19. The van der Waals surface area contributed by atoms with Crippen LogP contribution in [0.4, 0.5) is 0 Å². The fraction of sp³-hybridized carbons (Fsp3) is 0.407. The fourth-order valence-corrected chi connectivity index (χ4v) is 4.83. The van der Waals surface area contributed by atoms with Crippen LogP contribution in [0.1, 0.15) is 42.7 Å². The molecule has 186 valence electrons. The van der Waals surface area contributed by atoms with E-state index in [1.165, 1.54) is 0 Å². The van der Waals surface area contributed by atoms with Gasteiger partial charge < -0.3 is 24.7 Å². The maximum Gasteiger partial charge on any atom is 0.270 e. The number of carbonyl (C=O) groups is 2. The van der Waals surface area contributed by atoms with Crippen LogP contribution in [0.2, 0.25) is 5.02 Å². The van der Waals surface area contributed by atoms with Crippen molar-refractivity contribution in [1.29, 1.82) is 0 Å². The molecule has 1 atom stereocenters. The molecule has 0 radical (unpaired) electrons. The lowest BCUT2D eigenvalue weighted by atomic mass is 9.84.